The number of furan rings is 1. The Hall–Kier alpha value is -3.65. The maximum absolute atomic E-state index is 12.2. The fraction of sp³-hybridized carbons (Fsp3) is 0.0455. The molecule has 0 aliphatic carbocycles. The van der Waals surface area contributed by atoms with Crippen LogP contribution >= 0.6 is 15.9 Å². The minimum Gasteiger partial charge on any atom is -0.493 e. The number of aliphatic imine (C=N–C) groups is 1. The van der Waals surface area contributed by atoms with Crippen molar-refractivity contribution in [3.63, 3.8) is 0 Å². The first kappa shape index (κ1) is 19.7. The first-order chi connectivity index (χ1) is 14.5. The summed E-state index contributed by atoms with van der Waals surface area (Å²) in [5, 5.41) is 0. The summed E-state index contributed by atoms with van der Waals surface area (Å²) in [6, 6.07) is 15.2. The summed E-state index contributed by atoms with van der Waals surface area (Å²) in [6.45, 7) is 0. The van der Waals surface area contributed by atoms with Crippen molar-refractivity contribution in [3.05, 3.63) is 87.9 Å². The number of halogens is 1. The summed E-state index contributed by atoms with van der Waals surface area (Å²) < 4.78 is 21.7. The van der Waals surface area contributed by atoms with Gasteiger partial charge in [-0.1, -0.05) is 18.2 Å². The van der Waals surface area contributed by atoms with Crippen LogP contribution in [0, 0.1) is 0 Å². The van der Waals surface area contributed by atoms with Gasteiger partial charge in [0, 0.05) is 4.47 Å². The van der Waals surface area contributed by atoms with E-state index < -0.39 is 11.9 Å². The van der Waals surface area contributed by atoms with Gasteiger partial charge in [0.1, 0.15) is 0 Å². The Morgan fingerprint density at radius 2 is 1.93 bits per heavy atom. The summed E-state index contributed by atoms with van der Waals surface area (Å²) in [5.41, 5.74) is 1.43. The minimum absolute atomic E-state index is 0.0749. The molecule has 0 spiro atoms. The molecule has 0 saturated heterocycles. The third-order valence-corrected chi connectivity index (χ3v) is 4.83. The van der Waals surface area contributed by atoms with Gasteiger partial charge in [0.05, 0.1) is 18.9 Å². The number of carbonyl (C=O) groups excluding carboxylic acids is 2. The lowest BCUT2D eigenvalue weighted by Gasteiger charge is -2.09. The molecule has 8 heteroatoms. The highest BCUT2D eigenvalue weighted by Crippen LogP contribution is 2.31. The second-order valence-electron chi connectivity index (χ2n) is 6.09. The maximum Gasteiger partial charge on any atom is 0.379 e. The highest BCUT2D eigenvalue weighted by molar-refractivity contribution is 9.10. The predicted octanol–water partition coefficient (Wildman–Crippen LogP) is 4.61. The van der Waals surface area contributed by atoms with Gasteiger partial charge in [0.25, 0.3) is 0 Å². The quantitative estimate of drug-likeness (QED) is 0.309. The van der Waals surface area contributed by atoms with Gasteiger partial charge < -0.3 is 18.6 Å². The van der Waals surface area contributed by atoms with Crippen molar-refractivity contribution in [2.45, 2.75) is 0 Å². The molecule has 7 nitrogen and oxygen atoms in total. The SMILES string of the molecule is COc1cc(/C=C2\N=C(c3ccccc3Br)OC2=O)ccc1OC(=O)c1ccco1. The smallest absolute Gasteiger partial charge is 0.379 e. The molecular formula is C22H14BrNO6. The zero-order chi connectivity index (χ0) is 21.1. The Labute approximate surface area is 179 Å². The van der Waals surface area contributed by atoms with Crippen LogP contribution < -0.4 is 9.47 Å². The summed E-state index contributed by atoms with van der Waals surface area (Å²) in [7, 11) is 1.45. The van der Waals surface area contributed by atoms with Gasteiger partial charge in [0.15, 0.2) is 17.2 Å². The lowest BCUT2D eigenvalue weighted by Crippen LogP contribution is -2.08. The van der Waals surface area contributed by atoms with E-state index in [0.29, 0.717) is 16.9 Å². The summed E-state index contributed by atoms with van der Waals surface area (Å²) in [5.74, 6) is -0.391. The zero-order valence-corrected chi connectivity index (χ0v) is 17.2. The Balaban J connectivity index is 1.60. The van der Waals surface area contributed by atoms with Gasteiger partial charge in [0.2, 0.25) is 11.7 Å². The van der Waals surface area contributed by atoms with E-state index >= 15 is 0 Å². The number of esters is 2. The van der Waals surface area contributed by atoms with Gasteiger partial charge in [-0.2, -0.15) is 0 Å². The van der Waals surface area contributed by atoms with E-state index in [1.165, 1.54) is 19.4 Å². The van der Waals surface area contributed by atoms with Crippen LogP contribution in [-0.2, 0) is 9.53 Å². The van der Waals surface area contributed by atoms with Crippen molar-refractivity contribution < 1.29 is 28.2 Å². The van der Waals surface area contributed by atoms with Crippen LogP contribution in [0.1, 0.15) is 21.7 Å². The third kappa shape index (κ3) is 4.04. The highest BCUT2D eigenvalue weighted by atomic mass is 79.9. The number of rotatable bonds is 5. The van der Waals surface area contributed by atoms with Crippen molar-refractivity contribution in [2.75, 3.05) is 7.11 Å². The molecule has 0 atom stereocenters. The fourth-order valence-electron chi connectivity index (χ4n) is 2.72. The van der Waals surface area contributed by atoms with Gasteiger partial charge in [-0.15, -0.1) is 0 Å². The number of benzene rings is 2. The molecule has 0 N–H and O–H groups in total. The Morgan fingerprint density at radius 1 is 1.10 bits per heavy atom. The third-order valence-electron chi connectivity index (χ3n) is 4.14. The van der Waals surface area contributed by atoms with E-state index in [1.54, 1.807) is 36.4 Å². The Bertz CT molecular complexity index is 1180. The molecule has 150 valence electrons. The summed E-state index contributed by atoms with van der Waals surface area (Å²) >= 11 is 3.42. The van der Waals surface area contributed by atoms with E-state index in [-0.39, 0.29) is 23.1 Å². The molecule has 1 aliphatic rings. The van der Waals surface area contributed by atoms with Crippen LogP contribution in [0.15, 0.2) is 80.4 Å². The van der Waals surface area contributed by atoms with Crippen LogP contribution in [0.25, 0.3) is 6.08 Å². The second kappa shape index (κ2) is 8.38. The van der Waals surface area contributed by atoms with E-state index in [9.17, 15) is 9.59 Å². The largest absolute Gasteiger partial charge is 0.493 e. The van der Waals surface area contributed by atoms with E-state index in [4.69, 9.17) is 18.6 Å². The minimum atomic E-state index is -0.647. The maximum atomic E-state index is 12.2. The first-order valence-corrected chi connectivity index (χ1v) is 9.55. The highest BCUT2D eigenvalue weighted by Gasteiger charge is 2.25. The van der Waals surface area contributed by atoms with E-state index in [0.717, 1.165) is 4.47 Å². The second-order valence-corrected chi connectivity index (χ2v) is 6.95. The molecule has 30 heavy (non-hydrogen) atoms. The number of hydrogen-bond donors (Lipinski definition) is 0. The zero-order valence-electron chi connectivity index (χ0n) is 15.6. The molecule has 0 radical (unpaired) electrons. The molecule has 2 heterocycles. The summed E-state index contributed by atoms with van der Waals surface area (Å²) in [4.78, 5) is 28.6. The molecule has 1 aromatic heterocycles. The van der Waals surface area contributed by atoms with E-state index in [2.05, 4.69) is 20.9 Å². The van der Waals surface area contributed by atoms with Gasteiger partial charge in [-0.3, -0.25) is 0 Å². The average molecular weight is 468 g/mol. The molecule has 2 aromatic carbocycles. The molecule has 0 fully saturated rings. The number of cyclic esters (lactones) is 1. The van der Waals surface area contributed by atoms with Gasteiger partial charge in [-0.05, 0) is 64.0 Å². The van der Waals surface area contributed by atoms with Crippen LogP contribution in [-0.4, -0.2) is 24.9 Å². The van der Waals surface area contributed by atoms with Crippen molar-refractivity contribution in [1.29, 1.82) is 0 Å². The van der Waals surface area contributed by atoms with E-state index in [1.807, 2.05) is 18.2 Å². The normalized spacial score (nSPS) is 14.4. The molecular weight excluding hydrogens is 454 g/mol. The first-order valence-electron chi connectivity index (χ1n) is 8.76. The number of methoxy groups -OCH3 is 1. The number of carbonyl (C=O) groups is 2. The molecule has 0 amide bonds. The molecule has 4 rings (SSSR count). The van der Waals surface area contributed by atoms with Crippen molar-refractivity contribution >= 4 is 39.8 Å². The molecule has 1 aliphatic heterocycles. The van der Waals surface area contributed by atoms with Crippen LogP contribution in [0.3, 0.4) is 0 Å². The topological polar surface area (TPSA) is 87.3 Å². The van der Waals surface area contributed by atoms with Crippen molar-refractivity contribution in [1.82, 2.24) is 0 Å². The molecule has 3 aromatic rings. The Morgan fingerprint density at radius 3 is 2.67 bits per heavy atom. The number of nitrogens with zero attached hydrogens (tertiary/aromatic N) is 1. The van der Waals surface area contributed by atoms with Crippen molar-refractivity contribution in [2.24, 2.45) is 4.99 Å². The van der Waals surface area contributed by atoms with Crippen LogP contribution in [0.4, 0.5) is 0 Å². The molecule has 0 saturated carbocycles. The standard InChI is InChI=1S/C22H14BrNO6/c1-27-19-12-13(8-9-17(19)29-22(26)18-7-4-10-28-18)11-16-21(25)30-20(24-16)14-5-2-3-6-15(14)23/h2-12H,1H3/b16-11-. The van der Waals surface area contributed by atoms with Crippen molar-refractivity contribution in [3.8, 4) is 11.5 Å². The van der Waals surface area contributed by atoms with Crippen LogP contribution in [0.5, 0.6) is 11.5 Å². The van der Waals surface area contributed by atoms with Gasteiger partial charge >= 0.3 is 11.9 Å². The lowest BCUT2D eigenvalue weighted by atomic mass is 10.1. The lowest BCUT2D eigenvalue weighted by molar-refractivity contribution is -0.129. The fourth-order valence-corrected chi connectivity index (χ4v) is 3.17. The average Bonchev–Trinajstić information content (AvgIpc) is 3.40. The number of ether oxygens (including phenoxy) is 3. The monoisotopic (exact) mass is 467 g/mol. The Kier molecular flexibility index (Phi) is 5.49. The van der Waals surface area contributed by atoms with Crippen LogP contribution in [0.2, 0.25) is 0 Å². The molecule has 0 bridgehead atoms. The summed E-state index contributed by atoms with van der Waals surface area (Å²) in [6.07, 6.45) is 2.94. The molecule has 0 unspecified atom stereocenters. The predicted molar refractivity (Wildman–Crippen MR) is 111 cm³/mol. The van der Waals surface area contributed by atoms with Gasteiger partial charge in [-0.25, -0.2) is 14.6 Å². The number of hydrogen-bond acceptors (Lipinski definition) is 7.